The minimum atomic E-state index is -0.366. The summed E-state index contributed by atoms with van der Waals surface area (Å²) in [5.74, 6) is 0. The first-order valence-corrected chi connectivity index (χ1v) is 8.01. The van der Waals surface area contributed by atoms with Crippen molar-refractivity contribution < 1.29 is 9.31 Å². The third-order valence-corrected chi connectivity index (χ3v) is 4.76. The quantitative estimate of drug-likeness (QED) is 0.854. The molecule has 0 spiro atoms. The molecule has 0 radical (unpaired) electrons. The van der Waals surface area contributed by atoms with Gasteiger partial charge in [0.1, 0.15) is 0 Å². The van der Waals surface area contributed by atoms with Crippen molar-refractivity contribution in [1.82, 2.24) is 5.32 Å². The smallest absolute Gasteiger partial charge is 0.400 e. The van der Waals surface area contributed by atoms with Gasteiger partial charge in [-0.15, -0.1) is 0 Å². The molecule has 3 nitrogen and oxygen atoms in total. The molecule has 1 N–H and O–H groups in total. The Labute approximate surface area is 139 Å². The Morgan fingerprint density at radius 2 is 1.82 bits per heavy atom. The van der Waals surface area contributed by atoms with Gasteiger partial charge in [0.25, 0.3) is 0 Å². The highest BCUT2D eigenvalue weighted by atomic mass is 35.5. The molecule has 1 aromatic rings. The van der Waals surface area contributed by atoms with E-state index in [1.54, 1.807) is 0 Å². The van der Waals surface area contributed by atoms with Gasteiger partial charge in [-0.25, -0.2) is 0 Å². The topological polar surface area (TPSA) is 30.5 Å². The molecular formula is C17H25BClNO2. The molecule has 1 heterocycles. The Bertz CT molecular complexity index is 568. The summed E-state index contributed by atoms with van der Waals surface area (Å²) in [5.41, 5.74) is 2.47. The molecular weight excluding hydrogens is 296 g/mol. The van der Waals surface area contributed by atoms with Gasteiger partial charge in [-0.3, -0.25) is 0 Å². The average Bonchev–Trinajstić information content (AvgIpc) is 2.61. The van der Waals surface area contributed by atoms with E-state index < -0.39 is 0 Å². The molecule has 0 amide bonds. The molecule has 22 heavy (non-hydrogen) atoms. The van der Waals surface area contributed by atoms with Crippen LogP contribution < -0.4 is 5.32 Å². The fourth-order valence-corrected chi connectivity index (χ4v) is 2.64. The van der Waals surface area contributed by atoms with Crippen LogP contribution in [0.25, 0.3) is 6.08 Å². The summed E-state index contributed by atoms with van der Waals surface area (Å²) in [5, 5.41) is 3.92. The van der Waals surface area contributed by atoms with Gasteiger partial charge >= 0.3 is 7.12 Å². The molecule has 2 rings (SSSR count). The Morgan fingerprint density at radius 3 is 2.32 bits per heavy atom. The summed E-state index contributed by atoms with van der Waals surface area (Å²) in [7, 11) is 1.55. The summed E-state index contributed by atoms with van der Waals surface area (Å²) in [6.07, 6.45) is 2.06. The first kappa shape index (κ1) is 17.5. The van der Waals surface area contributed by atoms with Crippen LogP contribution >= 0.6 is 11.6 Å². The summed E-state index contributed by atoms with van der Waals surface area (Å²) in [6, 6.07) is 6.05. The lowest BCUT2D eigenvalue weighted by atomic mass is 9.77. The van der Waals surface area contributed by atoms with Crippen LogP contribution in [0.1, 0.15) is 38.8 Å². The zero-order valence-corrected chi connectivity index (χ0v) is 15.0. The Morgan fingerprint density at radius 1 is 1.23 bits per heavy atom. The molecule has 0 saturated carbocycles. The minimum absolute atomic E-state index is 0.346. The zero-order valence-electron chi connectivity index (χ0n) is 14.3. The van der Waals surface area contributed by atoms with Crippen molar-refractivity contribution in [3.63, 3.8) is 0 Å². The fraction of sp³-hybridized carbons (Fsp3) is 0.529. The van der Waals surface area contributed by atoms with Crippen molar-refractivity contribution in [2.45, 2.75) is 45.8 Å². The molecule has 1 saturated heterocycles. The third-order valence-electron chi connectivity index (χ3n) is 4.43. The standard InChI is InChI=1S/C17H25BClNO2/c1-12-7-8-13(15(19)9-12)10-14(11-20-6)18-21-16(2,3)17(4,5)22-18/h7-10,20H,11H2,1-6H3. The van der Waals surface area contributed by atoms with Crippen LogP contribution in [0.4, 0.5) is 0 Å². The predicted octanol–water partition coefficient (Wildman–Crippen LogP) is 3.88. The minimum Gasteiger partial charge on any atom is -0.400 e. The van der Waals surface area contributed by atoms with Gasteiger partial charge in [-0.2, -0.15) is 0 Å². The normalized spacial score (nSPS) is 20.5. The van der Waals surface area contributed by atoms with Crippen LogP contribution in [0.2, 0.25) is 5.02 Å². The zero-order chi connectivity index (χ0) is 16.5. The van der Waals surface area contributed by atoms with Gasteiger partial charge in [-0.05, 0) is 64.3 Å². The molecule has 0 aromatic heterocycles. The number of likely N-dealkylation sites (N-methyl/N-ethyl adjacent to an activating group) is 1. The Balaban J connectivity index is 2.33. The molecule has 5 heteroatoms. The van der Waals surface area contributed by atoms with Crippen molar-refractivity contribution in [3.05, 3.63) is 39.8 Å². The van der Waals surface area contributed by atoms with Gasteiger partial charge in [0.05, 0.1) is 11.2 Å². The van der Waals surface area contributed by atoms with Crippen molar-refractivity contribution in [2.24, 2.45) is 0 Å². The van der Waals surface area contributed by atoms with Gasteiger partial charge in [0, 0.05) is 11.6 Å². The Hall–Kier alpha value is -0.805. The van der Waals surface area contributed by atoms with E-state index in [1.807, 2.05) is 26.1 Å². The third kappa shape index (κ3) is 3.57. The molecule has 0 unspecified atom stereocenters. The van der Waals surface area contributed by atoms with E-state index in [9.17, 15) is 0 Å². The number of nitrogens with one attached hydrogen (secondary N) is 1. The molecule has 0 atom stereocenters. The summed E-state index contributed by atoms with van der Waals surface area (Å²) in [4.78, 5) is 0. The fourth-order valence-electron chi connectivity index (χ4n) is 2.35. The average molecular weight is 322 g/mol. The highest BCUT2D eigenvalue weighted by Crippen LogP contribution is 2.39. The number of halogens is 1. The van der Waals surface area contributed by atoms with Crippen LogP contribution in [0.5, 0.6) is 0 Å². The second-order valence-electron chi connectivity index (χ2n) is 6.86. The summed E-state index contributed by atoms with van der Waals surface area (Å²) < 4.78 is 12.3. The van der Waals surface area contributed by atoms with E-state index >= 15 is 0 Å². The first-order chi connectivity index (χ1) is 10.2. The number of hydrogen-bond donors (Lipinski definition) is 1. The molecule has 1 aliphatic heterocycles. The number of aryl methyl sites for hydroxylation is 1. The number of rotatable bonds is 4. The molecule has 0 bridgehead atoms. The maximum absolute atomic E-state index is 6.35. The van der Waals surface area contributed by atoms with Crippen LogP contribution in [0.15, 0.2) is 23.7 Å². The van der Waals surface area contributed by atoms with E-state index in [1.165, 1.54) is 0 Å². The van der Waals surface area contributed by atoms with E-state index in [0.717, 1.165) is 21.6 Å². The number of benzene rings is 1. The van der Waals surface area contributed by atoms with E-state index in [4.69, 9.17) is 20.9 Å². The van der Waals surface area contributed by atoms with Gasteiger partial charge in [0.15, 0.2) is 0 Å². The number of hydrogen-bond acceptors (Lipinski definition) is 3. The Kier molecular flexibility index (Phi) is 5.08. The second-order valence-corrected chi connectivity index (χ2v) is 7.27. The van der Waals surface area contributed by atoms with E-state index in [-0.39, 0.29) is 18.3 Å². The lowest BCUT2D eigenvalue weighted by Crippen LogP contribution is -2.41. The molecule has 1 fully saturated rings. The van der Waals surface area contributed by atoms with Crippen LogP contribution in [-0.4, -0.2) is 31.9 Å². The van der Waals surface area contributed by atoms with Crippen molar-refractivity contribution in [1.29, 1.82) is 0 Å². The van der Waals surface area contributed by atoms with Crippen molar-refractivity contribution >= 4 is 24.8 Å². The van der Waals surface area contributed by atoms with Crippen LogP contribution in [0.3, 0.4) is 0 Å². The summed E-state index contributed by atoms with van der Waals surface area (Å²) >= 11 is 6.35. The molecule has 120 valence electrons. The first-order valence-electron chi connectivity index (χ1n) is 7.63. The lowest BCUT2D eigenvalue weighted by Gasteiger charge is -2.32. The predicted molar refractivity (Wildman–Crippen MR) is 94.2 cm³/mol. The van der Waals surface area contributed by atoms with Gasteiger partial charge < -0.3 is 14.6 Å². The van der Waals surface area contributed by atoms with Gasteiger partial charge in [0.2, 0.25) is 0 Å². The highest BCUT2D eigenvalue weighted by molar-refractivity contribution is 6.56. The van der Waals surface area contributed by atoms with Crippen LogP contribution in [-0.2, 0) is 9.31 Å². The SMILES string of the molecule is CNCC(=Cc1ccc(C)cc1Cl)B1OC(C)(C)C(C)(C)O1. The monoisotopic (exact) mass is 321 g/mol. The summed E-state index contributed by atoms with van der Waals surface area (Å²) in [6.45, 7) is 10.9. The van der Waals surface area contributed by atoms with Crippen molar-refractivity contribution in [2.75, 3.05) is 13.6 Å². The largest absolute Gasteiger partial charge is 0.491 e. The second kappa shape index (κ2) is 6.36. The lowest BCUT2D eigenvalue weighted by molar-refractivity contribution is 0.00578. The maximum Gasteiger partial charge on any atom is 0.491 e. The highest BCUT2D eigenvalue weighted by Gasteiger charge is 2.52. The molecule has 1 aliphatic rings. The van der Waals surface area contributed by atoms with E-state index in [0.29, 0.717) is 6.54 Å². The maximum atomic E-state index is 6.35. The van der Waals surface area contributed by atoms with Crippen LogP contribution in [0, 0.1) is 6.92 Å². The molecule has 1 aromatic carbocycles. The van der Waals surface area contributed by atoms with Crippen molar-refractivity contribution in [3.8, 4) is 0 Å². The molecule has 0 aliphatic carbocycles. The van der Waals surface area contributed by atoms with Gasteiger partial charge in [-0.1, -0.05) is 29.8 Å². The van der Waals surface area contributed by atoms with E-state index in [2.05, 4.69) is 45.2 Å².